The molecule has 0 aliphatic heterocycles. The molecule has 48 valence electrons. The predicted molar refractivity (Wildman–Crippen MR) is 34.7 cm³/mol. The number of hydrogen-bond donors (Lipinski definition) is 1. The Morgan fingerprint density at radius 2 is 2.38 bits per heavy atom. The Kier molecular flexibility index (Phi) is 6.09. The van der Waals surface area contributed by atoms with Gasteiger partial charge in [-0.05, 0) is 13.1 Å². The lowest BCUT2D eigenvalue weighted by Crippen LogP contribution is -2.11. The quantitative estimate of drug-likeness (QED) is 0.546. The first-order valence-electron chi connectivity index (χ1n) is 2.75. The van der Waals surface area contributed by atoms with E-state index in [2.05, 4.69) is 5.32 Å². The Morgan fingerprint density at radius 1 is 1.62 bits per heavy atom. The van der Waals surface area contributed by atoms with E-state index in [1.807, 2.05) is 19.2 Å². The van der Waals surface area contributed by atoms with Crippen molar-refractivity contribution in [2.75, 3.05) is 20.3 Å². The van der Waals surface area contributed by atoms with Crippen molar-refractivity contribution in [3.63, 3.8) is 0 Å². The fourth-order valence-electron chi connectivity index (χ4n) is 0.362. The molecule has 2 nitrogen and oxygen atoms in total. The number of hydrogen-bond acceptors (Lipinski definition) is 2. The molecule has 0 saturated carbocycles. The first kappa shape index (κ1) is 7.50. The molecule has 0 unspecified atom stereocenters. The third-order valence-corrected chi connectivity index (χ3v) is 0.735. The largest absolute Gasteiger partial charge is 0.389 e. The number of ether oxygens (including phenoxy) is 1. The smallest absolute Gasteiger partial charge is 0.0635 e. The van der Waals surface area contributed by atoms with Crippen LogP contribution in [0.4, 0.5) is 0 Å². The van der Waals surface area contributed by atoms with Gasteiger partial charge in [0.2, 0.25) is 0 Å². The van der Waals surface area contributed by atoms with Gasteiger partial charge in [0.1, 0.15) is 0 Å². The Labute approximate surface area is 50.5 Å². The molecule has 0 bridgehead atoms. The summed E-state index contributed by atoms with van der Waals surface area (Å²) < 4.78 is 4.79. The zero-order valence-electron chi connectivity index (χ0n) is 5.48. The van der Waals surface area contributed by atoms with Crippen LogP contribution in [-0.2, 0) is 4.74 Å². The highest BCUT2D eigenvalue weighted by Gasteiger charge is 1.74. The molecule has 0 spiro atoms. The molecule has 0 aromatic carbocycles. The van der Waals surface area contributed by atoms with E-state index in [0.29, 0.717) is 0 Å². The van der Waals surface area contributed by atoms with Gasteiger partial charge in [0.25, 0.3) is 0 Å². The first-order valence-corrected chi connectivity index (χ1v) is 2.75. The van der Waals surface area contributed by atoms with Crippen LogP contribution < -0.4 is 5.32 Å². The lowest BCUT2D eigenvalue weighted by molar-refractivity contribution is 0.203. The third kappa shape index (κ3) is 5.50. The number of allylic oxidation sites excluding steroid dienone is 1. The van der Waals surface area contributed by atoms with E-state index in [4.69, 9.17) is 4.74 Å². The van der Waals surface area contributed by atoms with Crippen LogP contribution in [-0.4, -0.2) is 20.3 Å². The lowest BCUT2D eigenvalue weighted by Gasteiger charge is -1.95. The Balaban J connectivity index is 2.72. The van der Waals surface area contributed by atoms with Gasteiger partial charge in [0.05, 0.1) is 6.61 Å². The monoisotopic (exact) mass is 115 g/mol. The summed E-state index contributed by atoms with van der Waals surface area (Å²) in [6.45, 7) is 3.63. The summed E-state index contributed by atoms with van der Waals surface area (Å²) in [6, 6.07) is 0. The minimum atomic E-state index is 0.768. The molecule has 1 N–H and O–H groups in total. The van der Waals surface area contributed by atoms with Gasteiger partial charge >= 0.3 is 0 Å². The molecule has 2 heteroatoms. The van der Waals surface area contributed by atoms with Crippen molar-refractivity contribution >= 4 is 0 Å². The van der Waals surface area contributed by atoms with E-state index in [9.17, 15) is 0 Å². The highest BCUT2D eigenvalue weighted by atomic mass is 16.5. The standard InChI is InChI=1S/C6H13NO/c1-3-4-7-5-6-8-2/h3-4,7H,5-6H2,1-2H3. The minimum Gasteiger partial charge on any atom is -0.389 e. The number of nitrogens with one attached hydrogen (secondary N) is 1. The summed E-state index contributed by atoms with van der Waals surface area (Å²) in [7, 11) is 1.69. The second-order valence-electron chi connectivity index (χ2n) is 1.45. The maximum absolute atomic E-state index is 4.79. The molecule has 0 saturated heterocycles. The Bertz CT molecular complexity index is 61.5. The van der Waals surface area contributed by atoms with Crippen molar-refractivity contribution < 1.29 is 4.74 Å². The summed E-state index contributed by atoms with van der Waals surface area (Å²) >= 11 is 0. The molecule has 0 aromatic heterocycles. The van der Waals surface area contributed by atoms with E-state index in [1.165, 1.54) is 0 Å². The maximum atomic E-state index is 4.79. The molecule has 0 aliphatic rings. The van der Waals surface area contributed by atoms with Crippen LogP contribution in [0, 0.1) is 0 Å². The second kappa shape index (κ2) is 6.50. The topological polar surface area (TPSA) is 21.3 Å². The van der Waals surface area contributed by atoms with E-state index in [1.54, 1.807) is 7.11 Å². The normalized spacial score (nSPS) is 10.2. The minimum absolute atomic E-state index is 0.768. The van der Waals surface area contributed by atoms with E-state index >= 15 is 0 Å². The molecule has 0 fully saturated rings. The van der Waals surface area contributed by atoms with Crippen LogP contribution in [0.3, 0.4) is 0 Å². The molecular weight excluding hydrogens is 102 g/mol. The summed E-state index contributed by atoms with van der Waals surface area (Å²) in [6.07, 6.45) is 3.86. The van der Waals surface area contributed by atoms with Crippen LogP contribution in [0.1, 0.15) is 6.92 Å². The van der Waals surface area contributed by atoms with Crippen molar-refractivity contribution in [1.82, 2.24) is 5.32 Å². The van der Waals surface area contributed by atoms with Gasteiger partial charge in [-0.15, -0.1) is 0 Å². The van der Waals surface area contributed by atoms with E-state index in [-0.39, 0.29) is 0 Å². The Hall–Kier alpha value is -0.500. The fraction of sp³-hybridized carbons (Fsp3) is 0.667. The summed E-state index contributed by atoms with van der Waals surface area (Å²) in [4.78, 5) is 0. The number of methoxy groups -OCH3 is 1. The van der Waals surface area contributed by atoms with Crippen LogP contribution >= 0.6 is 0 Å². The molecule has 0 rings (SSSR count). The summed E-state index contributed by atoms with van der Waals surface area (Å²) in [5, 5.41) is 3.03. The van der Waals surface area contributed by atoms with E-state index < -0.39 is 0 Å². The maximum Gasteiger partial charge on any atom is 0.0635 e. The van der Waals surface area contributed by atoms with Crippen molar-refractivity contribution in [1.29, 1.82) is 0 Å². The summed E-state index contributed by atoms with van der Waals surface area (Å²) in [5.41, 5.74) is 0. The molecule has 0 aromatic rings. The van der Waals surface area contributed by atoms with Crippen molar-refractivity contribution in [3.8, 4) is 0 Å². The molecule has 8 heavy (non-hydrogen) atoms. The van der Waals surface area contributed by atoms with E-state index in [0.717, 1.165) is 13.2 Å². The third-order valence-electron chi connectivity index (χ3n) is 0.735. The van der Waals surface area contributed by atoms with Gasteiger partial charge in [-0.3, -0.25) is 0 Å². The van der Waals surface area contributed by atoms with Crippen molar-refractivity contribution in [2.45, 2.75) is 6.92 Å². The van der Waals surface area contributed by atoms with Gasteiger partial charge in [-0.2, -0.15) is 0 Å². The Morgan fingerprint density at radius 3 is 2.88 bits per heavy atom. The first-order chi connectivity index (χ1) is 3.91. The van der Waals surface area contributed by atoms with Gasteiger partial charge in [-0.1, -0.05) is 6.08 Å². The predicted octanol–water partition coefficient (Wildman–Crippen LogP) is 0.756. The zero-order valence-corrected chi connectivity index (χ0v) is 5.48. The summed E-state index contributed by atoms with van der Waals surface area (Å²) in [5.74, 6) is 0. The second-order valence-corrected chi connectivity index (χ2v) is 1.45. The SMILES string of the molecule is CC=CNCCOC. The van der Waals surface area contributed by atoms with Crippen LogP contribution in [0.25, 0.3) is 0 Å². The highest BCUT2D eigenvalue weighted by molar-refractivity contribution is 4.72. The van der Waals surface area contributed by atoms with Crippen LogP contribution in [0.5, 0.6) is 0 Å². The highest BCUT2D eigenvalue weighted by Crippen LogP contribution is 1.65. The zero-order chi connectivity index (χ0) is 6.24. The van der Waals surface area contributed by atoms with Gasteiger partial charge in [-0.25, -0.2) is 0 Å². The van der Waals surface area contributed by atoms with Gasteiger partial charge < -0.3 is 10.1 Å². The van der Waals surface area contributed by atoms with Crippen LogP contribution in [0.2, 0.25) is 0 Å². The molecule has 0 amide bonds. The fourth-order valence-corrected chi connectivity index (χ4v) is 0.362. The van der Waals surface area contributed by atoms with Gasteiger partial charge in [0, 0.05) is 13.7 Å². The van der Waals surface area contributed by atoms with Crippen LogP contribution in [0.15, 0.2) is 12.3 Å². The lowest BCUT2D eigenvalue weighted by atomic mass is 10.6. The molecule has 0 atom stereocenters. The molecule has 0 heterocycles. The number of rotatable bonds is 4. The molecular formula is C6H13NO. The van der Waals surface area contributed by atoms with Crippen molar-refractivity contribution in [3.05, 3.63) is 12.3 Å². The van der Waals surface area contributed by atoms with Crippen molar-refractivity contribution in [2.24, 2.45) is 0 Å². The average Bonchev–Trinajstić information content (AvgIpc) is 1.81. The average molecular weight is 115 g/mol. The van der Waals surface area contributed by atoms with Gasteiger partial charge in [0.15, 0.2) is 0 Å². The molecule has 0 aliphatic carbocycles. The molecule has 0 radical (unpaired) electrons.